The summed E-state index contributed by atoms with van der Waals surface area (Å²) < 4.78 is 0.686. The van der Waals surface area contributed by atoms with Crippen molar-refractivity contribution < 1.29 is 0 Å². The molecule has 0 unspecified atom stereocenters. The van der Waals surface area contributed by atoms with Gasteiger partial charge in [-0.25, -0.2) is 4.98 Å². The lowest BCUT2D eigenvalue weighted by molar-refractivity contribution is 0.644. The summed E-state index contributed by atoms with van der Waals surface area (Å²) in [6.45, 7) is 4.28. The van der Waals surface area contributed by atoms with E-state index in [9.17, 15) is 0 Å². The van der Waals surface area contributed by atoms with Gasteiger partial charge in [-0.1, -0.05) is 13.8 Å². The molecule has 0 radical (unpaired) electrons. The molecule has 0 bridgehead atoms. The van der Waals surface area contributed by atoms with Gasteiger partial charge < -0.3 is 0 Å². The number of hydrogen-bond donors (Lipinski definition) is 0. The zero-order valence-electron chi connectivity index (χ0n) is 6.97. The fourth-order valence-electron chi connectivity index (χ4n) is 0.849. The van der Waals surface area contributed by atoms with Crippen LogP contribution in [0.4, 0.5) is 0 Å². The first kappa shape index (κ1) is 9.69. The molecule has 0 fully saturated rings. The SMILES string of the molecule is CC(C)Cc1nc(Br)c(C#N)s1. The fourth-order valence-corrected chi connectivity index (χ4v) is 2.48. The van der Waals surface area contributed by atoms with E-state index in [1.807, 2.05) is 0 Å². The first-order chi connectivity index (χ1) is 5.63. The minimum Gasteiger partial charge on any atom is -0.233 e. The molecule has 1 aromatic rings. The highest BCUT2D eigenvalue weighted by Crippen LogP contribution is 2.24. The van der Waals surface area contributed by atoms with Crippen LogP contribution >= 0.6 is 27.3 Å². The molecule has 1 rings (SSSR count). The summed E-state index contributed by atoms with van der Waals surface area (Å²) in [5.74, 6) is 0.592. The van der Waals surface area contributed by atoms with Crippen LogP contribution in [-0.4, -0.2) is 4.98 Å². The molecule has 0 atom stereocenters. The maximum Gasteiger partial charge on any atom is 0.139 e. The van der Waals surface area contributed by atoms with Crippen molar-refractivity contribution in [3.8, 4) is 6.07 Å². The minimum atomic E-state index is 0.592. The normalized spacial score (nSPS) is 10.2. The van der Waals surface area contributed by atoms with Crippen molar-refractivity contribution in [3.05, 3.63) is 14.5 Å². The van der Waals surface area contributed by atoms with Crippen molar-refractivity contribution in [2.24, 2.45) is 5.92 Å². The Balaban J connectivity index is 2.84. The molecule has 64 valence electrons. The predicted octanol–water partition coefficient (Wildman–Crippen LogP) is 2.98. The van der Waals surface area contributed by atoms with Gasteiger partial charge in [0.2, 0.25) is 0 Å². The number of nitrogens with zero attached hydrogens (tertiary/aromatic N) is 2. The second kappa shape index (κ2) is 4.01. The van der Waals surface area contributed by atoms with Crippen molar-refractivity contribution in [1.82, 2.24) is 4.98 Å². The van der Waals surface area contributed by atoms with Gasteiger partial charge in [0, 0.05) is 6.42 Å². The topological polar surface area (TPSA) is 36.7 Å². The van der Waals surface area contributed by atoms with Crippen LogP contribution in [0.25, 0.3) is 0 Å². The summed E-state index contributed by atoms with van der Waals surface area (Å²) in [5, 5.41) is 9.69. The lowest BCUT2D eigenvalue weighted by Gasteiger charge is -1.97. The van der Waals surface area contributed by atoms with Crippen LogP contribution in [0.2, 0.25) is 0 Å². The molecule has 0 aliphatic carbocycles. The maximum atomic E-state index is 8.66. The second-order valence-electron chi connectivity index (χ2n) is 2.94. The number of thiazole rings is 1. The van der Waals surface area contributed by atoms with Crippen molar-refractivity contribution in [1.29, 1.82) is 5.26 Å². The van der Waals surface area contributed by atoms with Crippen LogP contribution < -0.4 is 0 Å². The highest BCUT2D eigenvalue weighted by molar-refractivity contribution is 9.10. The van der Waals surface area contributed by atoms with Crippen molar-refractivity contribution in [3.63, 3.8) is 0 Å². The van der Waals surface area contributed by atoms with Gasteiger partial charge in [-0.15, -0.1) is 11.3 Å². The van der Waals surface area contributed by atoms with Crippen LogP contribution in [0.1, 0.15) is 23.7 Å². The Kier molecular flexibility index (Phi) is 3.24. The Hall–Kier alpha value is -0.400. The van der Waals surface area contributed by atoms with E-state index in [-0.39, 0.29) is 0 Å². The zero-order chi connectivity index (χ0) is 9.14. The summed E-state index contributed by atoms with van der Waals surface area (Å²) in [4.78, 5) is 4.91. The third kappa shape index (κ3) is 2.29. The third-order valence-corrected chi connectivity index (χ3v) is 3.13. The van der Waals surface area contributed by atoms with Gasteiger partial charge in [-0.05, 0) is 21.8 Å². The van der Waals surface area contributed by atoms with Crippen LogP contribution in [0.5, 0.6) is 0 Å². The average Bonchev–Trinajstić information content (AvgIpc) is 2.29. The summed E-state index contributed by atoms with van der Waals surface area (Å²) in [7, 11) is 0. The van der Waals surface area contributed by atoms with E-state index in [4.69, 9.17) is 5.26 Å². The molecule has 0 aliphatic heterocycles. The Morgan fingerprint density at radius 1 is 1.67 bits per heavy atom. The molecule has 4 heteroatoms. The van der Waals surface area contributed by atoms with E-state index < -0.39 is 0 Å². The molecule has 1 aromatic heterocycles. The zero-order valence-corrected chi connectivity index (χ0v) is 9.37. The molecule has 0 saturated heterocycles. The Bertz CT molecular complexity index is 311. The molecule has 0 aliphatic rings. The summed E-state index contributed by atoms with van der Waals surface area (Å²) >= 11 is 4.71. The van der Waals surface area contributed by atoms with E-state index in [1.165, 1.54) is 11.3 Å². The summed E-state index contributed by atoms with van der Waals surface area (Å²) in [5.41, 5.74) is 0. The third-order valence-electron chi connectivity index (χ3n) is 1.31. The van der Waals surface area contributed by atoms with Crippen molar-refractivity contribution >= 4 is 27.3 Å². The van der Waals surface area contributed by atoms with E-state index in [1.54, 1.807) is 0 Å². The molecule has 0 aromatic carbocycles. The van der Waals surface area contributed by atoms with Gasteiger partial charge in [-0.3, -0.25) is 0 Å². The average molecular weight is 245 g/mol. The monoisotopic (exact) mass is 244 g/mol. The van der Waals surface area contributed by atoms with E-state index in [0.717, 1.165) is 11.4 Å². The van der Waals surface area contributed by atoms with Crippen molar-refractivity contribution in [2.45, 2.75) is 20.3 Å². The van der Waals surface area contributed by atoms with Gasteiger partial charge in [0.05, 0.1) is 5.01 Å². The minimum absolute atomic E-state index is 0.592. The summed E-state index contributed by atoms with van der Waals surface area (Å²) in [6.07, 6.45) is 0.949. The van der Waals surface area contributed by atoms with Crippen LogP contribution in [0.3, 0.4) is 0 Å². The van der Waals surface area contributed by atoms with E-state index >= 15 is 0 Å². The molecular weight excluding hydrogens is 236 g/mol. The highest BCUT2D eigenvalue weighted by atomic mass is 79.9. The molecule has 0 N–H and O–H groups in total. The molecule has 0 saturated carbocycles. The van der Waals surface area contributed by atoms with Gasteiger partial charge in [0.25, 0.3) is 0 Å². The molecule has 1 heterocycles. The highest BCUT2D eigenvalue weighted by Gasteiger charge is 2.08. The Morgan fingerprint density at radius 2 is 2.33 bits per heavy atom. The quantitative estimate of drug-likeness (QED) is 0.803. The van der Waals surface area contributed by atoms with Gasteiger partial charge in [-0.2, -0.15) is 5.26 Å². The number of aromatic nitrogens is 1. The number of nitriles is 1. The second-order valence-corrected chi connectivity index (χ2v) is 4.77. The predicted molar refractivity (Wildman–Crippen MR) is 53.1 cm³/mol. The lowest BCUT2D eigenvalue weighted by atomic mass is 10.1. The van der Waals surface area contributed by atoms with Gasteiger partial charge >= 0.3 is 0 Å². The molecule has 2 nitrogen and oxygen atoms in total. The lowest BCUT2D eigenvalue weighted by Crippen LogP contribution is -1.91. The Morgan fingerprint density at radius 3 is 2.75 bits per heavy atom. The van der Waals surface area contributed by atoms with Crippen LogP contribution in [0.15, 0.2) is 4.60 Å². The molecule has 0 amide bonds. The van der Waals surface area contributed by atoms with Crippen LogP contribution in [-0.2, 0) is 6.42 Å². The largest absolute Gasteiger partial charge is 0.233 e. The van der Waals surface area contributed by atoms with E-state index in [0.29, 0.717) is 15.4 Å². The summed E-state index contributed by atoms with van der Waals surface area (Å²) in [6, 6.07) is 2.10. The molecule has 12 heavy (non-hydrogen) atoms. The molecular formula is C8H9BrN2S. The smallest absolute Gasteiger partial charge is 0.139 e. The fraction of sp³-hybridized carbons (Fsp3) is 0.500. The van der Waals surface area contributed by atoms with Crippen LogP contribution in [0, 0.1) is 17.2 Å². The van der Waals surface area contributed by atoms with Gasteiger partial charge in [0.1, 0.15) is 15.5 Å². The Labute approximate surface area is 84.4 Å². The molecule has 0 spiro atoms. The number of halogens is 1. The first-order valence-electron chi connectivity index (χ1n) is 3.68. The first-order valence-corrected chi connectivity index (χ1v) is 5.29. The standard InChI is InChI=1S/C8H9BrN2S/c1-5(2)3-7-11-8(9)6(4-10)12-7/h5H,3H2,1-2H3. The number of hydrogen-bond acceptors (Lipinski definition) is 3. The van der Waals surface area contributed by atoms with E-state index in [2.05, 4.69) is 40.8 Å². The van der Waals surface area contributed by atoms with Gasteiger partial charge in [0.15, 0.2) is 0 Å². The van der Waals surface area contributed by atoms with Crippen molar-refractivity contribution in [2.75, 3.05) is 0 Å². The number of rotatable bonds is 2. The maximum absolute atomic E-state index is 8.66.